The second-order valence-electron chi connectivity index (χ2n) is 5.87. The molecule has 1 heterocycles. The maximum Gasteiger partial charge on any atom is 0.242 e. The molecule has 0 unspecified atom stereocenters. The van der Waals surface area contributed by atoms with Gasteiger partial charge in [0.15, 0.2) is 5.78 Å². The highest BCUT2D eigenvalue weighted by Crippen LogP contribution is 2.16. The van der Waals surface area contributed by atoms with Gasteiger partial charge >= 0.3 is 0 Å². The molecule has 0 atom stereocenters. The second-order valence-corrected chi connectivity index (χ2v) is 7.91. The van der Waals surface area contributed by atoms with E-state index in [2.05, 4.69) is 5.32 Å². The molecule has 2 aromatic rings. The maximum absolute atomic E-state index is 12.5. The van der Waals surface area contributed by atoms with Crippen LogP contribution in [0.1, 0.15) is 35.9 Å². The molecule has 0 aliphatic heterocycles. The normalized spacial score (nSPS) is 11.5. The van der Waals surface area contributed by atoms with Gasteiger partial charge in [0.05, 0.1) is 17.7 Å². The summed E-state index contributed by atoms with van der Waals surface area (Å²) in [7, 11) is -2.18. The number of hydrogen-bond acceptors (Lipinski definition) is 5. The Hall–Kier alpha value is -2.45. The lowest BCUT2D eigenvalue weighted by Crippen LogP contribution is -2.29. The summed E-state index contributed by atoms with van der Waals surface area (Å²) in [6.45, 7) is 1.94. The van der Waals surface area contributed by atoms with Crippen LogP contribution in [-0.4, -0.2) is 38.0 Å². The van der Waals surface area contributed by atoms with Gasteiger partial charge in [-0.2, -0.15) is 0 Å². The number of carbonyl (C=O) groups excluding carboxylic acids is 2. The monoisotopic (exact) mass is 378 g/mol. The number of nitrogens with one attached hydrogen (secondary N) is 1. The van der Waals surface area contributed by atoms with Crippen LogP contribution in [-0.2, 0) is 21.4 Å². The Kier molecular flexibility index (Phi) is 6.70. The van der Waals surface area contributed by atoms with Gasteiger partial charge in [-0.15, -0.1) is 0 Å². The van der Waals surface area contributed by atoms with Crippen molar-refractivity contribution in [2.45, 2.75) is 31.2 Å². The minimum atomic E-state index is -3.65. The van der Waals surface area contributed by atoms with Gasteiger partial charge in [-0.25, -0.2) is 12.7 Å². The van der Waals surface area contributed by atoms with E-state index in [4.69, 9.17) is 4.42 Å². The fourth-order valence-electron chi connectivity index (χ4n) is 2.31. The predicted molar refractivity (Wildman–Crippen MR) is 96.1 cm³/mol. The molecule has 1 amide bonds. The fraction of sp³-hybridized carbons (Fsp3) is 0.333. The number of amides is 1. The van der Waals surface area contributed by atoms with Gasteiger partial charge < -0.3 is 9.73 Å². The SMILES string of the molecule is CC(=O)c1ccc(S(=O)(=O)N(C)CCCC(=O)NCc2ccco2)cc1. The summed E-state index contributed by atoms with van der Waals surface area (Å²) in [5.41, 5.74) is 0.458. The predicted octanol–water partition coefficient (Wildman–Crippen LogP) is 2.20. The van der Waals surface area contributed by atoms with Gasteiger partial charge in [0, 0.05) is 25.6 Å². The molecule has 1 aromatic heterocycles. The zero-order valence-corrected chi connectivity index (χ0v) is 15.6. The van der Waals surface area contributed by atoms with Gasteiger partial charge in [-0.3, -0.25) is 9.59 Å². The lowest BCUT2D eigenvalue weighted by atomic mass is 10.2. The third-order valence-corrected chi connectivity index (χ3v) is 5.76. The molecular weight excluding hydrogens is 356 g/mol. The van der Waals surface area contributed by atoms with Crippen molar-refractivity contribution in [1.29, 1.82) is 0 Å². The highest BCUT2D eigenvalue weighted by Gasteiger charge is 2.20. The van der Waals surface area contributed by atoms with Crippen molar-refractivity contribution < 1.29 is 22.4 Å². The molecule has 0 saturated heterocycles. The number of hydrogen-bond donors (Lipinski definition) is 1. The van der Waals surface area contributed by atoms with Gasteiger partial charge in [-0.1, -0.05) is 12.1 Å². The lowest BCUT2D eigenvalue weighted by Gasteiger charge is -2.17. The molecular formula is C18H22N2O5S. The molecule has 0 radical (unpaired) electrons. The summed E-state index contributed by atoms with van der Waals surface area (Å²) in [6, 6.07) is 9.32. The maximum atomic E-state index is 12.5. The van der Waals surface area contributed by atoms with E-state index >= 15 is 0 Å². The first-order valence-electron chi connectivity index (χ1n) is 8.17. The average molecular weight is 378 g/mol. The zero-order valence-electron chi connectivity index (χ0n) is 14.8. The molecule has 0 aliphatic rings. The molecule has 0 fully saturated rings. The van der Waals surface area contributed by atoms with Gasteiger partial charge in [0.2, 0.25) is 15.9 Å². The van der Waals surface area contributed by atoms with Gasteiger partial charge in [-0.05, 0) is 37.6 Å². The summed E-state index contributed by atoms with van der Waals surface area (Å²) in [4.78, 5) is 23.2. The fourth-order valence-corrected chi connectivity index (χ4v) is 3.52. The van der Waals surface area contributed by atoms with E-state index in [-0.39, 0.29) is 29.6 Å². The van der Waals surface area contributed by atoms with Crippen LogP contribution in [0.25, 0.3) is 0 Å². The first-order chi connectivity index (χ1) is 12.3. The Bertz CT molecular complexity index is 842. The molecule has 26 heavy (non-hydrogen) atoms. The van der Waals surface area contributed by atoms with Crippen LogP contribution < -0.4 is 5.32 Å². The van der Waals surface area contributed by atoms with E-state index in [0.717, 1.165) is 0 Å². The van der Waals surface area contributed by atoms with Crippen LogP contribution in [0.2, 0.25) is 0 Å². The van der Waals surface area contributed by atoms with E-state index in [1.54, 1.807) is 12.1 Å². The summed E-state index contributed by atoms with van der Waals surface area (Å²) in [5, 5.41) is 2.71. The molecule has 1 N–H and O–H groups in total. The van der Waals surface area contributed by atoms with Crippen molar-refractivity contribution in [3.8, 4) is 0 Å². The number of furan rings is 1. The molecule has 140 valence electrons. The average Bonchev–Trinajstić information content (AvgIpc) is 3.13. The highest BCUT2D eigenvalue weighted by atomic mass is 32.2. The van der Waals surface area contributed by atoms with Crippen LogP contribution in [0, 0.1) is 0 Å². The quantitative estimate of drug-likeness (QED) is 0.675. The minimum Gasteiger partial charge on any atom is -0.467 e. The smallest absolute Gasteiger partial charge is 0.242 e. The van der Waals surface area contributed by atoms with E-state index in [1.165, 1.54) is 48.8 Å². The number of carbonyl (C=O) groups is 2. The molecule has 7 nitrogen and oxygen atoms in total. The van der Waals surface area contributed by atoms with Crippen LogP contribution in [0.15, 0.2) is 52.0 Å². The van der Waals surface area contributed by atoms with Crippen LogP contribution in [0.3, 0.4) is 0 Å². The van der Waals surface area contributed by atoms with Crippen molar-refractivity contribution in [1.82, 2.24) is 9.62 Å². The Morgan fingerprint density at radius 1 is 1.15 bits per heavy atom. The summed E-state index contributed by atoms with van der Waals surface area (Å²) < 4.78 is 31.3. The van der Waals surface area contributed by atoms with E-state index < -0.39 is 10.0 Å². The third kappa shape index (κ3) is 5.27. The van der Waals surface area contributed by atoms with E-state index in [1.807, 2.05) is 0 Å². The van der Waals surface area contributed by atoms with E-state index in [9.17, 15) is 18.0 Å². The molecule has 0 aliphatic carbocycles. The summed E-state index contributed by atoms with van der Waals surface area (Å²) >= 11 is 0. The van der Waals surface area contributed by atoms with Crippen molar-refractivity contribution in [2.24, 2.45) is 0 Å². The first kappa shape index (κ1) is 19.9. The summed E-state index contributed by atoms with van der Waals surface area (Å²) in [5.74, 6) is 0.368. The Morgan fingerprint density at radius 2 is 1.85 bits per heavy atom. The first-order valence-corrected chi connectivity index (χ1v) is 9.61. The van der Waals surface area contributed by atoms with Crippen LogP contribution in [0.4, 0.5) is 0 Å². The van der Waals surface area contributed by atoms with Crippen molar-refractivity contribution in [2.75, 3.05) is 13.6 Å². The largest absolute Gasteiger partial charge is 0.467 e. The molecule has 0 saturated carbocycles. The number of benzene rings is 1. The number of sulfonamides is 1. The van der Waals surface area contributed by atoms with Gasteiger partial charge in [0.1, 0.15) is 5.76 Å². The van der Waals surface area contributed by atoms with Gasteiger partial charge in [0.25, 0.3) is 0 Å². The molecule has 0 bridgehead atoms. The lowest BCUT2D eigenvalue weighted by molar-refractivity contribution is -0.121. The molecule has 0 spiro atoms. The molecule has 2 rings (SSSR count). The van der Waals surface area contributed by atoms with Crippen molar-refractivity contribution >= 4 is 21.7 Å². The molecule has 8 heteroatoms. The van der Waals surface area contributed by atoms with Crippen LogP contribution >= 0.6 is 0 Å². The number of rotatable bonds is 9. The molecule has 1 aromatic carbocycles. The van der Waals surface area contributed by atoms with Crippen LogP contribution in [0.5, 0.6) is 0 Å². The topological polar surface area (TPSA) is 96.7 Å². The van der Waals surface area contributed by atoms with Crippen molar-refractivity contribution in [3.05, 3.63) is 54.0 Å². The Labute approximate surface area is 153 Å². The Balaban J connectivity index is 1.82. The number of nitrogens with zero attached hydrogens (tertiary/aromatic N) is 1. The standard InChI is InChI=1S/C18H22N2O5S/c1-14(21)15-7-9-17(10-8-15)26(23,24)20(2)11-3-6-18(22)19-13-16-5-4-12-25-16/h4-5,7-10,12H,3,6,11,13H2,1-2H3,(H,19,22). The number of ketones is 1. The highest BCUT2D eigenvalue weighted by molar-refractivity contribution is 7.89. The Morgan fingerprint density at radius 3 is 2.42 bits per heavy atom. The second kappa shape index (κ2) is 8.77. The number of Topliss-reactive ketones (excluding diaryl/α,β-unsaturated/α-hetero) is 1. The third-order valence-electron chi connectivity index (χ3n) is 3.89. The summed E-state index contributed by atoms with van der Waals surface area (Å²) in [6.07, 6.45) is 2.14. The van der Waals surface area contributed by atoms with E-state index in [0.29, 0.717) is 24.3 Å². The zero-order chi connectivity index (χ0) is 19.2. The van der Waals surface area contributed by atoms with Crippen molar-refractivity contribution in [3.63, 3.8) is 0 Å². The minimum absolute atomic E-state index is 0.118.